The van der Waals surface area contributed by atoms with Crippen LogP contribution < -0.4 is 0 Å². The molecule has 1 aliphatic rings. The minimum absolute atomic E-state index is 0.200. The van der Waals surface area contributed by atoms with Gasteiger partial charge in [0.05, 0.1) is 5.75 Å². The van der Waals surface area contributed by atoms with Crippen LogP contribution in [0.3, 0.4) is 0 Å². The molecule has 0 bridgehead atoms. The van der Waals surface area contributed by atoms with Crippen LogP contribution in [-0.2, 0) is 10.0 Å². The highest BCUT2D eigenvalue weighted by Crippen LogP contribution is 2.16. The van der Waals surface area contributed by atoms with E-state index in [0.29, 0.717) is 12.5 Å². The van der Waals surface area contributed by atoms with E-state index in [1.54, 1.807) is 14.0 Å². The molecule has 1 fully saturated rings. The molecule has 0 aliphatic carbocycles. The molecule has 14 heavy (non-hydrogen) atoms. The predicted molar refractivity (Wildman–Crippen MR) is 57.7 cm³/mol. The normalized spacial score (nSPS) is 24.7. The molecule has 0 N–H and O–H groups in total. The van der Waals surface area contributed by atoms with E-state index in [4.69, 9.17) is 0 Å². The lowest BCUT2D eigenvalue weighted by molar-refractivity contribution is 0.357. The Labute approximate surface area is 86.9 Å². The summed E-state index contributed by atoms with van der Waals surface area (Å²) in [5, 5.41) is 0. The molecular formula is C9H20N2O2S. The van der Waals surface area contributed by atoms with Crippen molar-refractivity contribution in [3.05, 3.63) is 0 Å². The Balaban J connectivity index is 2.45. The first-order chi connectivity index (χ1) is 6.45. The van der Waals surface area contributed by atoms with Crippen molar-refractivity contribution < 1.29 is 8.42 Å². The Bertz CT molecular complexity index is 277. The molecule has 1 unspecified atom stereocenters. The summed E-state index contributed by atoms with van der Waals surface area (Å²) in [4.78, 5) is 2.25. The largest absolute Gasteiger partial charge is 0.306 e. The van der Waals surface area contributed by atoms with Gasteiger partial charge in [0.2, 0.25) is 10.0 Å². The van der Waals surface area contributed by atoms with Gasteiger partial charge in [-0.2, -0.15) is 0 Å². The molecule has 1 heterocycles. The van der Waals surface area contributed by atoms with Crippen LogP contribution in [0.15, 0.2) is 0 Å². The van der Waals surface area contributed by atoms with Crippen molar-refractivity contribution in [2.75, 3.05) is 39.5 Å². The summed E-state index contributed by atoms with van der Waals surface area (Å²) in [7, 11) is 0.767. The second-order valence-corrected chi connectivity index (χ2v) is 6.46. The van der Waals surface area contributed by atoms with Crippen molar-refractivity contribution in [3.8, 4) is 0 Å². The zero-order valence-electron chi connectivity index (χ0n) is 9.23. The van der Waals surface area contributed by atoms with Crippen molar-refractivity contribution in [3.63, 3.8) is 0 Å². The zero-order chi connectivity index (χ0) is 10.8. The number of nitrogens with zero attached hydrogens (tertiary/aromatic N) is 2. The van der Waals surface area contributed by atoms with E-state index in [1.165, 1.54) is 4.31 Å². The SMILES string of the molecule is CCS(=O)(=O)N(C)CC1CCN(C)C1. The van der Waals surface area contributed by atoms with Crippen molar-refractivity contribution in [1.82, 2.24) is 9.21 Å². The zero-order valence-corrected chi connectivity index (χ0v) is 10.0. The number of likely N-dealkylation sites (tertiary alicyclic amines) is 1. The lowest BCUT2D eigenvalue weighted by atomic mass is 10.1. The minimum Gasteiger partial charge on any atom is -0.306 e. The summed E-state index contributed by atoms with van der Waals surface area (Å²) in [6.07, 6.45) is 1.11. The van der Waals surface area contributed by atoms with Gasteiger partial charge in [0.1, 0.15) is 0 Å². The first kappa shape index (κ1) is 11.9. The van der Waals surface area contributed by atoms with Crippen molar-refractivity contribution in [1.29, 1.82) is 0 Å². The minimum atomic E-state index is -2.99. The maximum atomic E-state index is 11.5. The number of sulfonamides is 1. The molecule has 0 aromatic rings. The fraction of sp³-hybridized carbons (Fsp3) is 1.00. The summed E-state index contributed by atoms with van der Waals surface area (Å²) in [6.45, 7) is 4.46. The third-order valence-corrected chi connectivity index (χ3v) is 4.67. The molecule has 1 aliphatic heterocycles. The Morgan fingerprint density at radius 1 is 1.50 bits per heavy atom. The van der Waals surface area contributed by atoms with E-state index < -0.39 is 10.0 Å². The molecule has 0 saturated carbocycles. The first-order valence-electron chi connectivity index (χ1n) is 5.08. The summed E-state index contributed by atoms with van der Waals surface area (Å²) in [5.74, 6) is 0.706. The topological polar surface area (TPSA) is 40.6 Å². The quantitative estimate of drug-likeness (QED) is 0.680. The van der Waals surface area contributed by atoms with Crippen LogP contribution in [0.25, 0.3) is 0 Å². The standard InChI is InChI=1S/C9H20N2O2S/c1-4-14(12,13)11(3)8-9-5-6-10(2)7-9/h9H,4-8H2,1-3H3. The van der Waals surface area contributed by atoms with Crippen molar-refractivity contribution in [2.45, 2.75) is 13.3 Å². The van der Waals surface area contributed by atoms with Crippen LogP contribution in [0.5, 0.6) is 0 Å². The molecule has 1 atom stereocenters. The second kappa shape index (κ2) is 4.59. The Hall–Kier alpha value is -0.130. The highest BCUT2D eigenvalue weighted by atomic mass is 32.2. The summed E-state index contributed by atoms with van der Waals surface area (Å²) in [5.41, 5.74) is 0. The lowest BCUT2D eigenvalue weighted by Gasteiger charge is -2.19. The van der Waals surface area contributed by atoms with Crippen LogP contribution in [0.1, 0.15) is 13.3 Å². The number of rotatable bonds is 4. The number of hydrogen-bond donors (Lipinski definition) is 0. The van der Waals surface area contributed by atoms with E-state index in [1.807, 2.05) is 0 Å². The Morgan fingerprint density at radius 3 is 2.57 bits per heavy atom. The third kappa shape index (κ3) is 2.93. The fourth-order valence-electron chi connectivity index (χ4n) is 1.87. The van der Waals surface area contributed by atoms with E-state index in [2.05, 4.69) is 11.9 Å². The van der Waals surface area contributed by atoms with Crippen LogP contribution in [0, 0.1) is 5.92 Å². The Morgan fingerprint density at radius 2 is 2.14 bits per heavy atom. The number of hydrogen-bond acceptors (Lipinski definition) is 3. The first-order valence-corrected chi connectivity index (χ1v) is 6.69. The molecular weight excluding hydrogens is 200 g/mol. The summed E-state index contributed by atoms with van der Waals surface area (Å²) in [6, 6.07) is 0. The van der Waals surface area contributed by atoms with Gasteiger partial charge >= 0.3 is 0 Å². The highest BCUT2D eigenvalue weighted by molar-refractivity contribution is 7.89. The molecule has 0 aromatic carbocycles. The maximum absolute atomic E-state index is 11.5. The van der Waals surface area contributed by atoms with Gasteiger partial charge in [0, 0.05) is 20.1 Å². The van der Waals surface area contributed by atoms with E-state index in [-0.39, 0.29) is 5.75 Å². The van der Waals surface area contributed by atoms with Crippen molar-refractivity contribution >= 4 is 10.0 Å². The maximum Gasteiger partial charge on any atom is 0.213 e. The lowest BCUT2D eigenvalue weighted by Crippen LogP contribution is -2.33. The van der Waals surface area contributed by atoms with Gasteiger partial charge in [-0.25, -0.2) is 12.7 Å². The van der Waals surface area contributed by atoms with E-state index >= 15 is 0 Å². The van der Waals surface area contributed by atoms with Gasteiger partial charge in [0.25, 0.3) is 0 Å². The molecule has 5 heteroatoms. The van der Waals surface area contributed by atoms with Crippen LogP contribution in [-0.4, -0.2) is 57.1 Å². The van der Waals surface area contributed by atoms with Gasteiger partial charge in [-0.15, -0.1) is 0 Å². The monoisotopic (exact) mass is 220 g/mol. The molecule has 0 amide bonds. The van der Waals surface area contributed by atoms with Crippen LogP contribution in [0.4, 0.5) is 0 Å². The average molecular weight is 220 g/mol. The van der Waals surface area contributed by atoms with Gasteiger partial charge < -0.3 is 4.90 Å². The van der Waals surface area contributed by atoms with Gasteiger partial charge in [0.15, 0.2) is 0 Å². The summed E-state index contributed by atoms with van der Waals surface area (Å²) >= 11 is 0. The van der Waals surface area contributed by atoms with E-state index in [9.17, 15) is 8.42 Å². The van der Waals surface area contributed by atoms with Gasteiger partial charge in [-0.1, -0.05) is 0 Å². The molecule has 0 aromatic heterocycles. The van der Waals surface area contributed by atoms with E-state index in [0.717, 1.165) is 19.5 Å². The molecule has 1 saturated heterocycles. The molecule has 84 valence electrons. The fourth-order valence-corrected chi connectivity index (χ4v) is 2.75. The summed E-state index contributed by atoms with van der Waals surface area (Å²) < 4.78 is 24.5. The molecule has 0 radical (unpaired) electrons. The third-order valence-electron chi connectivity index (χ3n) is 2.84. The molecule has 4 nitrogen and oxygen atoms in total. The van der Waals surface area contributed by atoms with Crippen LogP contribution in [0.2, 0.25) is 0 Å². The Kier molecular flexibility index (Phi) is 3.92. The van der Waals surface area contributed by atoms with Gasteiger partial charge in [-0.3, -0.25) is 0 Å². The molecule has 1 rings (SSSR count). The van der Waals surface area contributed by atoms with Crippen LogP contribution >= 0.6 is 0 Å². The predicted octanol–water partition coefficient (Wildman–Crippen LogP) is 0.220. The average Bonchev–Trinajstić information content (AvgIpc) is 2.51. The second-order valence-electron chi connectivity index (χ2n) is 4.10. The highest BCUT2D eigenvalue weighted by Gasteiger charge is 2.24. The van der Waals surface area contributed by atoms with Gasteiger partial charge in [-0.05, 0) is 32.9 Å². The smallest absolute Gasteiger partial charge is 0.213 e. The van der Waals surface area contributed by atoms with Crippen molar-refractivity contribution in [2.24, 2.45) is 5.92 Å². The molecule has 0 spiro atoms.